The summed E-state index contributed by atoms with van der Waals surface area (Å²) in [4.78, 5) is 25.7. The molecule has 0 aliphatic carbocycles. The van der Waals surface area contributed by atoms with Crippen LogP contribution in [-0.4, -0.2) is 18.2 Å². The topological polar surface area (TPSA) is 37.4 Å². The minimum absolute atomic E-state index is 0.393. The standard InChI is InChI=1S/C16H18BrNO2/c1-3-4-5-6-7-8-18-14-11(2)9-12(17)10-13(14)15(19)16(18)20/h3,9-10H,1,4-8H2,2H3. The van der Waals surface area contributed by atoms with E-state index >= 15 is 0 Å². The number of rotatable bonds is 6. The molecule has 1 amide bonds. The van der Waals surface area contributed by atoms with Gasteiger partial charge in [-0.15, -0.1) is 6.58 Å². The molecule has 20 heavy (non-hydrogen) atoms. The summed E-state index contributed by atoms with van der Waals surface area (Å²) in [5.41, 5.74) is 2.26. The summed E-state index contributed by atoms with van der Waals surface area (Å²) in [7, 11) is 0. The molecule has 0 saturated carbocycles. The second-order valence-electron chi connectivity index (χ2n) is 5.04. The number of Topliss-reactive ketones (excluding diaryl/α,β-unsaturated/α-hetero) is 1. The number of ketones is 1. The Hall–Kier alpha value is -1.42. The molecule has 1 aromatic rings. The van der Waals surface area contributed by atoms with E-state index in [9.17, 15) is 9.59 Å². The number of carbonyl (C=O) groups excluding carboxylic acids is 2. The number of amides is 1. The average molecular weight is 336 g/mol. The van der Waals surface area contributed by atoms with Gasteiger partial charge in [0, 0.05) is 11.0 Å². The van der Waals surface area contributed by atoms with E-state index in [0.717, 1.165) is 41.4 Å². The fourth-order valence-electron chi connectivity index (χ4n) is 2.55. The van der Waals surface area contributed by atoms with Gasteiger partial charge in [-0.2, -0.15) is 0 Å². The van der Waals surface area contributed by atoms with Crippen molar-refractivity contribution in [3.05, 3.63) is 40.4 Å². The molecule has 1 aromatic carbocycles. The zero-order valence-corrected chi connectivity index (χ0v) is 13.2. The van der Waals surface area contributed by atoms with Crippen LogP contribution in [0.1, 0.15) is 41.6 Å². The lowest BCUT2D eigenvalue weighted by Gasteiger charge is -2.18. The second kappa shape index (κ2) is 6.35. The van der Waals surface area contributed by atoms with Crippen molar-refractivity contribution in [3.63, 3.8) is 0 Å². The number of allylic oxidation sites excluding steroid dienone is 1. The fraction of sp³-hybridized carbons (Fsp3) is 0.375. The fourth-order valence-corrected chi connectivity index (χ4v) is 3.13. The van der Waals surface area contributed by atoms with E-state index in [0.29, 0.717) is 12.1 Å². The van der Waals surface area contributed by atoms with Gasteiger partial charge in [0.15, 0.2) is 0 Å². The van der Waals surface area contributed by atoms with Crippen LogP contribution >= 0.6 is 15.9 Å². The first-order chi connectivity index (χ1) is 9.56. The molecule has 0 unspecified atom stereocenters. The molecule has 0 N–H and O–H groups in total. The largest absolute Gasteiger partial charge is 0.304 e. The molecule has 1 heterocycles. The van der Waals surface area contributed by atoms with Crippen LogP contribution in [0.4, 0.5) is 5.69 Å². The van der Waals surface area contributed by atoms with Gasteiger partial charge in [0.2, 0.25) is 0 Å². The molecule has 0 bridgehead atoms. The third kappa shape index (κ3) is 2.85. The quantitative estimate of drug-likeness (QED) is 0.447. The predicted molar refractivity (Wildman–Crippen MR) is 84.2 cm³/mol. The first kappa shape index (κ1) is 15.0. The van der Waals surface area contributed by atoms with Crippen LogP contribution in [0.5, 0.6) is 0 Å². The zero-order valence-electron chi connectivity index (χ0n) is 11.6. The number of hydrogen-bond donors (Lipinski definition) is 0. The lowest BCUT2D eigenvalue weighted by atomic mass is 10.1. The summed E-state index contributed by atoms with van der Waals surface area (Å²) in [5, 5.41) is 0. The van der Waals surface area contributed by atoms with Gasteiger partial charge in [-0.25, -0.2) is 0 Å². The summed E-state index contributed by atoms with van der Waals surface area (Å²) in [6, 6.07) is 3.68. The Kier molecular flexibility index (Phi) is 4.76. The van der Waals surface area contributed by atoms with Crippen molar-refractivity contribution in [2.24, 2.45) is 0 Å². The molecule has 0 radical (unpaired) electrons. The number of nitrogens with zero attached hydrogens (tertiary/aromatic N) is 1. The van der Waals surface area contributed by atoms with Gasteiger partial charge in [-0.1, -0.05) is 28.4 Å². The van der Waals surface area contributed by atoms with Gasteiger partial charge in [0.25, 0.3) is 11.7 Å². The Balaban J connectivity index is 2.14. The van der Waals surface area contributed by atoms with Crippen LogP contribution in [0, 0.1) is 6.92 Å². The molecule has 1 aliphatic heterocycles. The van der Waals surface area contributed by atoms with E-state index in [-0.39, 0.29) is 0 Å². The molecule has 1 aliphatic rings. The summed E-state index contributed by atoms with van der Waals surface area (Å²) in [6.45, 7) is 6.23. The molecule has 0 saturated heterocycles. The highest BCUT2D eigenvalue weighted by atomic mass is 79.9. The molecule has 106 valence electrons. The molecular formula is C16H18BrNO2. The average Bonchev–Trinajstić information content (AvgIpc) is 2.64. The number of carbonyl (C=O) groups is 2. The van der Waals surface area contributed by atoms with Gasteiger partial charge >= 0.3 is 0 Å². The Morgan fingerprint density at radius 2 is 2.00 bits per heavy atom. The lowest BCUT2D eigenvalue weighted by molar-refractivity contribution is -0.114. The molecular weight excluding hydrogens is 318 g/mol. The normalized spacial score (nSPS) is 13.8. The van der Waals surface area contributed by atoms with Crippen molar-refractivity contribution in [3.8, 4) is 0 Å². The van der Waals surface area contributed by atoms with Gasteiger partial charge < -0.3 is 4.90 Å². The van der Waals surface area contributed by atoms with E-state index in [1.807, 2.05) is 19.1 Å². The molecule has 0 fully saturated rings. The Bertz CT molecular complexity index is 566. The van der Waals surface area contributed by atoms with Crippen LogP contribution < -0.4 is 4.90 Å². The highest BCUT2D eigenvalue weighted by molar-refractivity contribution is 9.10. The smallest absolute Gasteiger partial charge is 0.299 e. The third-order valence-corrected chi connectivity index (χ3v) is 3.97. The summed E-state index contributed by atoms with van der Waals surface area (Å²) >= 11 is 3.37. The molecule has 0 atom stereocenters. The predicted octanol–water partition coefficient (Wildman–Crippen LogP) is 4.03. The van der Waals surface area contributed by atoms with Crippen molar-refractivity contribution < 1.29 is 9.59 Å². The first-order valence-corrected chi connectivity index (χ1v) is 7.62. The van der Waals surface area contributed by atoms with E-state index in [1.54, 1.807) is 11.0 Å². The van der Waals surface area contributed by atoms with Gasteiger partial charge in [-0.3, -0.25) is 9.59 Å². The summed E-state index contributed by atoms with van der Waals surface area (Å²) in [6.07, 6.45) is 5.92. The van der Waals surface area contributed by atoms with Crippen LogP contribution in [0.15, 0.2) is 29.3 Å². The highest BCUT2D eigenvalue weighted by Crippen LogP contribution is 2.35. The Labute approximate surface area is 127 Å². The van der Waals surface area contributed by atoms with Crippen LogP contribution in [0.2, 0.25) is 0 Å². The number of unbranched alkanes of at least 4 members (excludes halogenated alkanes) is 3. The maximum atomic E-state index is 12.1. The number of aryl methyl sites for hydroxylation is 1. The van der Waals surface area contributed by atoms with Crippen molar-refractivity contribution in [2.75, 3.05) is 11.4 Å². The van der Waals surface area contributed by atoms with E-state index in [2.05, 4.69) is 22.5 Å². The molecule has 4 heteroatoms. The second-order valence-corrected chi connectivity index (χ2v) is 5.96. The number of hydrogen-bond acceptors (Lipinski definition) is 2. The van der Waals surface area contributed by atoms with Gasteiger partial charge in [-0.05, 0) is 43.9 Å². The highest BCUT2D eigenvalue weighted by Gasteiger charge is 2.36. The number of halogens is 1. The maximum Gasteiger partial charge on any atom is 0.299 e. The minimum Gasteiger partial charge on any atom is -0.304 e. The van der Waals surface area contributed by atoms with Crippen molar-refractivity contribution in [1.82, 2.24) is 0 Å². The van der Waals surface area contributed by atoms with Crippen LogP contribution in [0.3, 0.4) is 0 Å². The molecule has 0 aromatic heterocycles. The van der Waals surface area contributed by atoms with Crippen molar-refractivity contribution in [1.29, 1.82) is 0 Å². The number of benzene rings is 1. The Morgan fingerprint density at radius 3 is 2.70 bits per heavy atom. The Morgan fingerprint density at radius 1 is 1.25 bits per heavy atom. The van der Waals surface area contributed by atoms with E-state index in [4.69, 9.17) is 0 Å². The SMILES string of the molecule is C=CCCCCCN1C(=O)C(=O)c2cc(Br)cc(C)c21. The lowest BCUT2D eigenvalue weighted by Crippen LogP contribution is -2.31. The number of fused-ring (bicyclic) bond motifs is 1. The van der Waals surface area contributed by atoms with E-state index < -0.39 is 11.7 Å². The molecule has 0 spiro atoms. The van der Waals surface area contributed by atoms with Gasteiger partial charge in [0.1, 0.15) is 0 Å². The van der Waals surface area contributed by atoms with Crippen molar-refractivity contribution >= 4 is 33.3 Å². The summed E-state index contributed by atoms with van der Waals surface area (Å²) < 4.78 is 0.836. The monoisotopic (exact) mass is 335 g/mol. The maximum absolute atomic E-state index is 12.1. The third-order valence-electron chi connectivity index (χ3n) is 3.51. The summed E-state index contributed by atoms with van der Waals surface area (Å²) in [5.74, 6) is -0.791. The number of anilines is 1. The molecule has 3 nitrogen and oxygen atoms in total. The van der Waals surface area contributed by atoms with Crippen LogP contribution in [-0.2, 0) is 4.79 Å². The minimum atomic E-state index is -0.398. The van der Waals surface area contributed by atoms with Crippen LogP contribution in [0.25, 0.3) is 0 Å². The van der Waals surface area contributed by atoms with Crippen molar-refractivity contribution in [2.45, 2.75) is 32.6 Å². The first-order valence-electron chi connectivity index (χ1n) is 6.83. The molecule has 2 rings (SSSR count). The zero-order chi connectivity index (χ0) is 14.7. The van der Waals surface area contributed by atoms with E-state index in [1.165, 1.54) is 0 Å². The van der Waals surface area contributed by atoms with Gasteiger partial charge in [0.05, 0.1) is 11.3 Å².